The zero-order valence-corrected chi connectivity index (χ0v) is 9.85. The molecule has 0 saturated heterocycles. The van der Waals surface area contributed by atoms with E-state index in [1.165, 1.54) is 7.11 Å². The maximum atomic E-state index is 11.4. The molecule has 0 rings (SSSR count). The van der Waals surface area contributed by atoms with E-state index in [0.717, 1.165) is 0 Å². The van der Waals surface area contributed by atoms with Crippen molar-refractivity contribution >= 4 is 11.9 Å². The molecule has 0 unspecified atom stereocenters. The largest absolute Gasteiger partial charge is 0.469 e. The van der Waals surface area contributed by atoms with Crippen LogP contribution in [-0.2, 0) is 14.3 Å². The first kappa shape index (κ1) is 13.7. The number of carbonyl (C=O) groups excluding carboxylic acids is 2. The predicted octanol–water partition coefficient (Wildman–Crippen LogP) is 1.27. The monoisotopic (exact) mass is 213 g/mol. The maximum absolute atomic E-state index is 11.4. The molecule has 0 spiro atoms. The molecular formula is C11H19NO3. The van der Waals surface area contributed by atoms with E-state index in [0.29, 0.717) is 6.54 Å². The second-order valence-electron chi connectivity index (χ2n) is 4.60. The number of esters is 1. The highest BCUT2D eigenvalue weighted by molar-refractivity contribution is 5.97. The topological polar surface area (TPSA) is 55.4 Å². The highest BCUT2D eigenvalue weighted by Crippen LogP contribution is 2.11. The minimum Gasteiger partial charge on any atom is -0.469 e. The smallest absolute Gasteiger partial charge is 0.310 e. The van der Waals surface area contributed by atoms with Gasteiger partial charge in [-0.3, -0.25) is 9.59 Å². The number of ether oxygens (including phenoxy) is 1. The Hall–Kier alpha value is -1.32. The van der Waals surface area contributed by atoms with Crippen molar-refractivity contribution in [2.45, 2.75) is 27.2 Å². The highest BCUT2D eigenvalue weighted by Gasteiger charge is 2.15. The van der Waals surface area contributed by atoms with Crippen LogP contribution in [0.2, 0.25) is 0 Å². The van der Waals surface area contributed by atoms with Crippen LogP contribution >= 0.6 is 0 Å². The van der Waals surface area contributed by atoms with Crippen LogP contribution in [0.4, 0.5) is 0 Å². The summed E-state index contributed by atoms with van der Waals surface area (Å²) in [5.74, 6) is -0.749. The third-order valence-corrected chi connectivity index (χ3v) is 1.69. The number of nitrogens with one attached hydrogen (secondary N) is 1. The molecule has 0 aliphatic rings. The molecule has 0 aromatic rings. The van der Waals surface area contributed by atoms with Gasteiger partial charge in [-0.2, -0.15) is 0 Å². The van der Waals surface area contributed by atoms with Gasteiger partial charge < -0.3 is 10.1 Å². The van der Waals surface area contributed by atoms with E-state index in [1.54, 1.807) is 0 Å². The zero-order valence-electron chi connectivity index (χ0n) is 9.85. The lowest BCUT2D eigenvalue weighted by Crippen LogP contribution is -2.33. The van der Waals surface area contributed by atoms with Gasteiger partial charge in [-0.15, -0.1) is 0 Å². The highest BCUT2D eigenvalue weighted by atomic mass is 16.5. The van der Waals surface area contributed by atoms with Crippen molar-refractivity contribution in [3.63, 3.8) is 0 Å². The summed E-state index contributed by atoms with van der Waals surface area (Å²) in [7, 11) is 1.28. The van der Waals surface area contributed by atoms with Gasteiger partial charge in [0.15, 0.2) is 0 Å². The SMILES string of the molecule is C=C(CC(=O)OC)C(=O)NCC(C)(C)C. The predicted molar refractivity (Wildman–Crippen MR) is 58.2 cm³/mol. The van der Waals surface area contributed by atoms with Crippen LogP contribution in [-0.4, -0.2) is 25.5 Å². The lowest BCUT2D eigenvalue weighted by Gasteiger charge is -2.18. The number of amides is 1. The summed E-state index contributed by atoms with van der Waals surface area (Å²) >= 11 is 0. The molecule has 0 fully saturated rings. The van der Waals surface area contributed by atoms with E-state index in [4.69, 9.17) is 0 Å². The number of carbonyl (C=O) groups is 2. The summed E-state index contributed by atoms with van der Waals surface area (Å²) in [5.41, 5.74) is 0.243. The number of methoxy groups -OCH3 is 1. The molecule has 4 heteroatoms. The molecule has 1 N–H and O–H groups in total. The second kappa shape index (κ2) is 5.53. The number of hydrogen-bond donors (Lipinski definition) is 1. The summed E-state index contributed by atoms with van der Waals surface area (Å²) in [6.45, 7) is 10.1. The van der Waals surface area contributed by atoms with E-state index in [-0.39, 0.29) is 23.3 Å². The Bertz CT molecular complexity index is 263. The van der Waals surface area contributed by atoms with E-state index < -0.39 is 5.97 Å². The summed E-state index contributed by atoms with van der Waals surface area (Å²) in [6.07, 6.45) is -0.0630. The van der Waals surface area contributed by atoms with Crippen LogP contribution in [0.3, 0.4) is 0 Å². The van der Waals surface area contributed by atoms with Gasteiger partial charge in [0.2, 0.25) is 5.91 Å². The van der Waals surface area contributed by atoms with Gasteiger partial charge in [0.1, 0.15) is 0 Å². The first-order valence-corrected chi connectivity index (χ1v) is 4.79. The normalized spacial score (nSPS) is 10.7. The quantitative estimate of drug-likeness (QED) is 0.565. The van der Waals surface area contributed by atoms with Gasteiger partial charge >= 0.3 is 5.97 Å². The summed E-state index contributed by atoms with van der Waals surface area (Å²) in [4.78, 5) is 22.3. The van der Waals surface area contributed by atoms with Crippen LogP contribution < -0.4 is 5.32 Å². The Kier molecular flexibility index (Phi) is 5.05. The van der Waals surface area contributed by atoms with Gasteiger partial charge in [0, 0.05) is 12.1 Å². The molecule has 0 heterocycles. The Balaban J connectivity index is 4.01. The first-order chi connectivity index (χ1) is 6.76. The van der Waals surface area contributed by atoms with E-state index >= 15 is 0 Å². The van der Waals surface area contributed by atoms with Gasteiger partial charge in [-0.1, -0.05) is 27.4 Å². The van der Waals surface area contributed by atoms with Crippen LogP contribution in [0.15, 0.2) is 12.2 Å². The molecule has 0 bridgehead atoms. The summed E-state index contributed by atoms with van der Waals surface area (Å²) in [5, 5.41) is 2.71. The molecule has 1 amide bonds. The minimum absolute atomic E-state index is 0.0151. The van der Waals surface area contributed by atoms with Crippen LogP contribution in [0, 0.1) is 5.41 Å². The van der Waals surface area contributed by atoms with Crippen molar-refractivity contribution in [3.8, 4) is 0 Å². The molecule has 4 nitrogen and oxygen atoms in total. The summed E-state index contributed by atoms with van der Waals surface area (Å²) in [6, 6.07) is 0. The van der Waals surface area contributed by atoms with Gasteiger partial charge in [-0.25, -0.2) is 0 Å². The van der Waals surface area contributed by atoms with E-state index in [9.17, 15) is 9.59 Å². The third-order valence-electron chi connectivity index (χ3n) is 1.69. The first-order valence-electron chi connectivity index (χ1n) is 4.79. The van der Waals surface area contributed by atoms with Gasteiger partial charge in [0.05, 0.1) is 13.5 Å². The standard InChI is InChI=1S/C11H19NO3/c1-8(6-9(13)15-5)10(14)12-7-11(2,3)4/h1,6-7H2,2-5H3,(H,12,14). The van der Waals surface area contributed by atoms with Gasteiger partial charge in [0.25, 0.3) is 0 Å². The lowest BCUT2D eigenvalue weighted by molar-refractivity contribution is -0.140. The third kappa shape index (κ3) is 6.71. The van der Waals surface area contributed by atoms with E-state index in [1.807, 2.05) is 20.8 Å². The Morgan fingerprint density at radius 2 is 1.87 bits per heavy atom. The van der Waals surface area contributed by atoms with Crippen molar-refractivity contribution in [3.05, 3.63) is 12.2 Å². The van der Waals surface area contributed by atoms with Crippen molar-refractivity contribution < 1.29 is 14.3 Å². The Morgan fingerprint density at radius 1 is 1.33 bits per heavy atom. The Morgan fingerprint density at radius 3 is 2.27 bits per heavy atom. The van der Waals surface area contributed by atoms with Crippen molar-refractivity contribution in [2.24, 2.45) is 5.41 Å². The molecule has 86 valence electrons. The molecule has 0 radical (unpaired) electrons. The molecule has 0 aliphatic heterocycles. The molecular weight excluding hydrogens is 194 g/mol. The number of hydrogen-bond acceptors (Lipinski definition) is 3. The molecule has 15 heavy (non-hydrogen) atoms. The van der Waals surface area contributed by atoms with Gasteiger partial charge in [-0.05, 0) is 5.41 Å². The van der Waals surface area contributed by atoms with Crippen molar-refractivity contribution in [1.29, 1.82) is 0 Å². The average molecular weight is 213 g/mol. The van der Waals surface area contributed by atoms with Crippen molar-refractivity contribution in [1.82, 2.24) is 5.32 Å². The van der Waals surface area contributed by atoms with Crippen molar-refractivity contribution in [2.75, 3.05) is 13.7 Å². The minimum atomic E-state index is -0.453. The Labute approximate surface area is 90.7 Å². The van der Waals surface area contributed by atoms with Crippen LogP contribution in [0.1, 0.15) is 27.2 Å². The molecule has 0 aromatic carbocycles. The fraction of sp³-hybridized carbons (Fsp3) is 0.636. The van der Waals surface area contributed by atoms with Crippen LogP contribution in [0.5, 0.6) is 0 Å². The second-order valence-corrected chi connectivity index (χ2v) is 4.60. The molecule has 0 saturated carbocycles. The molecule has 0 aliphatic carbocycles. The molecule has 0 aromatic heterocycles. The maximum Gasteiger partial charge on any atom is 0.310 e. The summed E-state index contributed by atoms with van der Waals surface area (Å²) < 4.78 is 4.44. The average Bonchev–Trinajstić information content (AvgIpc) is 2.12. The van der Waals surface area contributed by atoms with Crippen LogP contribution in [0.25, 0.3) is 0 Å². The van der Waals surface area contributed by atoms with E-state index in [2.05, 4.69) is 16.6 Å². The fourth-order valence-corrected chi connectivity index (χ4v) is 0.797. The lowest BCUT2D eigenvalue weighted by atomic mass is 9.97. The zero-order chi connectivity index (χ0) is 12.1. The molecule has 0 atom stereocenters. The number of rotatable bonds is 4. The fourth-order valence-electron chi connectivity index (χ4n) is 0.797.